The lowest BCUT2D eigenvalue weighted by molar-refractivity contribution is 0.933. The zero-order valence-corrected chi connectivity index (χ0v) is 5.04. The van der Waals surface area contributed by atoms with Gasteiger partial charge >= 0.3 is 0 Å². The van der Waals surface area contributed by atoms with Crippen LogP contribution in [0.3, 0.4) is 0 Å². The number of hydrogen-bond donors (Lipinski definition) is 0. The number of hydrogen-bond acceptors (Lipinski definition) is 0. The molecule has 2 aliphatic rings. The molecule has 0 aliphatic carbocycles. The van der Waals surface area contributed by atoms with Crippen molar-refractivity contribution < 1.29 is 0 Å². The van der Waals surface area contributed by atoms with Crippen molar-refractivity contribution in [3.63, 3.8) is 0 Å². The molecule has 2 fully saturated rings. The second-order valence-electron chi connectivity index (χ2n) is 2.85. The maximum atomic E-state index is 1.70. The Morgan fingerprint density at radius 3 is 1.50 bits per heavy atom. The molecule has 6 heavy (non-hydrogen) atoms. The van der Waals surface area contributed by atoms with Gasteiger partial charge in [-0.15, -0.1) is 0 Å². The van der Waals surface area contributed by atoms with E-state index in [1.807, 2.05) is 0 Å². The van der Waals surface area contributed by atoms with Crippen molar-refractivity contribution in [3.05, 3.63) is 0 Å². The summed E-state index contributed by atoms with van der Waals surface area (Å²) in [6, 6.07) is 6.81. The van der Waals surface area contributed by atoms with Crippen LogP contribution in [0, 0.1) is 0 Å². The Hall–Kier alpha value is 0.217. The first-order chi connectivity index (χ1) is 2.91. The monoisotopic (exact) mass is 98.1 g/mol. The molecule has 0 amide bonds. The van der Waals surface area contributed by atoms with Crippen molar-refractivity contribution in [2.75, 3.05) is 0 Å². The summed E-state index contributed by atoms with van der Waals surface area (Å²) in [4.78, 5) is 0. The molecule has 34 valence electrons. The summed E-state index contributed by atoms with van der Waals surface area (Å²) in [5, 5.41) is 0. The molecule has 0 unspecified atom stereocenters. The highest BCUT2D eigenvalue weighted by atomic mass is 28.3. The molecule has 0 aromatic heterocycles. The third-order valence-electron chi connectivity index (χ3n) is 2.37. The van der Waals surface area contributed by atoms with Crippen LogP contribution in [-0.4, -0.2) is 8.07 Å². The zero-order valence-electron chi connectivity index (χ0n) is 4.04. The second kappa shape index (κ2) is 0.737. The molecule has 2 saturated heterocycles. The van der Waals surface area contributed by atoms with E-state index < -0.39 is 0 Å². The first kappa shape index (κ1) is 3.25. The van der Waals surface area contributed by atoms with Crippen LogP contribution in [0.2, 0.25) is 24.2 Å². The summed E-state index contributed by atoms with van der Waals surface area (Å²) in [7, 11) is -0.201. The van der Waals surface area contributed by atoms with E-state index >= 15 is 0 Å². The molecule has 1 heteroatoms. The lowest BCUT2D eigenvalue weighted by Gasteiger charge is -2.21. The fourth-order valence-electron chi connectivity index (χ4n) is 1.35. The third-order valence-corrected chi connectivity index (χ3v) is 7.11. The summed E-state index contributed by atoms with van der Waals surface area (Å²) < 4.78 is 0. The van der Waals surface area contributed by atoms with E-state index in [4.69, 9.17) is 0 Å². The van der Waals surface area contributed by atoms with Gasteiger partial charge in [0.05, 0.1) is 8.07 Å². The van der Waals surface area contributed by atoms with E-state index in [2.05, 4.69) is 0 Å². The van der Waals surface area contributed by atoms with Crippen LogP contribution in [0.25, 0.3) is 0 Å². The fraction of sp³-hybridized carbons (Fsp3) is 1.00. The van der Waals surface area contributed by atoms with Crippen LogP contribution in [0.4, 0.5) is 0 Å². The van der Waals surface area contributed by atoms with E-state index in [9.17, 15) is 0 Å². The average molecular weight is 98.2 g/mol. The lowest BCUT2D eigenvalue weighted by Crippen LogP contribution is -2.22. The Bertz CT molecular complexity index is 68.0. The van der Waals surface area contributed by atoms with Crippen molar-refractivity contribution >= 4 is 8.07 Å². The van der Waals surface area contributed by atoms with Gasteiger partial charge in [0.25, 0.3) is 0 Å². The molecule has 0 aromatic rings. The summed E-state index contributed by atoms with van der Waals surface area (Å²) >= 11 is 0. The SMILES string of the molecule is C1C[Si]2(C1)CC2. The largest absolute Gasteiger partial charge is 0.0595 e. The summed E-state index contributed by atoms with van der Waals surface area (Å²) in [6.07, 6.45) is 1.59. The molecule has 2 heterocycles. The molecular weight excluding hydrogens is 88.1 g/mol. The summed E-state index contributed by atoms with van der Waals surface area (Å²) in [5.74, 6) is 0. The van der Waals surface area contributed by atoms with Gasteiger partial charge in [-0.1, -0.05) is 30.6 Å². The van der Waals surface area contributed by atoms with E-state index in [0.717, 1.165) is 0 Å². The molecule has 2 aliphatic heterocycles. The minimum absolute atomic E-state index is 0.201. The molecule has 2 rings (SSSR count). The fourth-order valence-corrected chi connectivity index (χ4v) is 5.12. The van der Waals surface area contributed by atoms with Crippen LogP contribution in [-0.2, 0) is 0 Å². The van der Waals surface area contributed by atoms with E-state index in [1.54, 1.807) is 30.6 Å². The quantitative estimate of drug-likeness (QED) is 0.406. The van der Waals surface area contributed by atoms with E-state index in [1.165, 1.54) is 0 Å². The van der Waals surface area contributed by atoms with Gasteiger partial charge in [-0.05, 0) is 0 Å². The highest BCUT2D eigenvalue weighted by molar-refractivity contribution is 6.91. The first-order valence-electron chi connectivity index (χ1n) is 2.91. The molecule has 0 atom stereocenters. The van der Waals surface area contributed by atoms with Crippen molar-refractivity contribution in [2.45, 2.75) is 30.6 Å². The Morgan fingerprint density at radius 1 is 0.833 bits per heavy atom. The molecule has 0 aromatic carbocycles. The first-order valence-corrected chi connectivity index (χ1v) is 5.74. The van der Waals surface area contributed by atoms with Crippen LogP contribution < -0.4 is 0 Å². The van der Waals surface area contributed by atoms with Gasteiger partial charge in [0.15, 0.2) is 0 Å². The lowest BCUT2D eigenvalue weighted by atomic mass is 10.5. The standard InChI is InChI=1S/C5H10Si/c1-2-6(3-1)4-5-6/h1-5H2. The molecule has 0 nitrogen and oxygen atoms in total. The minimum Gasteiger partial charge on any atom is -0.0595 e. The highest BCUT2D eigenvalue weighted by Gasteiger charge is 2.49. The third kappa shape index (κ3) is 0.250. The number of rotatable bonds is 0. The predicted octanol–water partition coefficient (Wildman–Crippen LogP) is 1.85. The highest BCUT2D eigenvalue weighted by Crippen LogP contribution is 2.52. The Balaban J connectivity index is 2.09. The van der Waals surface area contributed by atoms with Gasteiger partial charge in [0, 0.05) is 0 Å². The second-order valence-corrected chi connectivity index (χ2v) is 7.85. The van der Waals surface area contributed by atoms with Gasteiger partial charge < -0.3 is 0 Å². The summed E-state index contributed by atoms with van der Waals surface area (Å²) in [5.41, 5.74) is 0. The smallest absolute Gasteiger partial charge is 0.0530 e. The normalized spacial score (nSPS) is 36.0. The van der Waals surface area contributed by atoms with Crippen molar-refractivity contribution in [1.29, 1.82) is 0 Å². The summed E-state index contributed by atoms with van der Waals surface area (Å²) in [6.45, 7) is 0. The van der Waals surface area contributed by atoms with Gasteiger partial charge in [-0.3, -0.25) is 0 Å². The average Bonchev–Trinajstić information content (AvgIpc) is 2.02. The van der Waals surface area contributed by atoms with Crippen LogP contribution in [0.5, 0.6) is 0 Å². The van der Waals surface area contributed by atoms with Crippen LogP contribution >= 0.6 is 0 Å². The van der Waals surface area contributed by atoms with Crippen molar-refractivity contribution in [2.24, 2.45) is 0 Å². The van der Waals surface area contributed by atoms with Crippen molar-refractivity contribution in [1.82, 2.24) is 0 Å². The Kier molecular flexibility index (Phi) is 0.399. The molecule has 0 radical (unpaired) electrons. The van der Waals surface area contributed by atoms with Gasteiger partial charge in [-0.2, -0.15) is 0 Å². The van der Waals surface area contributed by atoms with Gasteiger partial charge in [0.2, 0.25) is 0 Å². The Morgan fingerprint density at radius 2 is 1.50 bits per heavy atom. The predicted molar refractivity (Wildman–Crippen MR) is 29.6 cm³/mol. The van der Waals surface area contributed by atoms with Crippen LogP contribution in [0.15, 0.2) is 0 Å². The molecular formula is C5H10Si. The van der Waals surface area contributed by atoms with Gasteiger partial charge in [0.1, 0.15) is 0 Å². The Labute approximate surface area is 39.6 Å². The molecule has 1 spiro atoms. The zero-order chi connectivity index (χ0) is 4.04. The van der Waals surface area contributed by atoms with Gasteiger partial charge in [-0.25, -0.2) is 0 Å². The molecule has 0 saturated carbocycles. The molecule has 0 bridgehead atoms. The van der Waals surface area contributed by atoms with Crippen molar-refractivity contribution in [3.8, 4) is 0 Å². The van der Waals surface area contributed by atoms with E-state index in [-0.39, 0.29) is 8.07 Å². The minimum atomic E-state index is -0.201. The molecule has 0 N–H and O–H groups in total. The maximum Gasteiger partial charge on any atom is 0.0530 e. The maximum absolute atomic E-state index is 1.70. The van der Waals surface area contributed by atoms with E-state index in [0.29, 0.717) is 0 Å². The topological polar surface area (TPSA) is 0 Å². The van der Waals surface area contributed by atoms with Crippen LogP contribution in [0.1, 0.15) is 6.42 Å².